The lowest BCUT2D eigenvalue weighted by atomic mass is 9.99. The molecule has 0 spiro atoms. The van der Waals surface area contributed by atoms with Crippen molar-refractivity contribution in [1.29, 1.82) is 0 Å². The third-order valence-electron chi connectivity index (χ3n) is 2.83. The van der Waals surface area contributed by atoms with Gasteiger partial charge in [0, 0.05) is 6.54 Å². The summed E-state index contributed by atoms with van der Waals surface area (Å²) in [6.07, 6.45) is 0. The second-order valence-corrected chi connectivity index (χ2v) is 4.68. The Labute approximate surface area is 104 Å². The van der Waals surface area contributed by atoms with Crippen molar-refractivity contribution in [2.24, 2.45) is 0 Å². The van der Waals surface area contributed by atoms with Gasteiger partial charge in [0.05, 0.1) is 0 Å². The van der Waals surface area contributed by atoms with Gasteiger partial charge in [-0.05, 0) is 49.3 Å². The van der Waals surface area contributed by atoms with Crippen LogP contribution in [-0.2, 0) is 6.54 Å². The average molecular weight is 224 g/mol. The van der Waals surface area contributed by atoms with Gasteiger partial charge in [0.25, 0.3) is 0 Å². The molecule has 0 bridgehead atoms. The van der Waals surface area contributed by atoms with E-state index in [0.717, 1.165) is 6.54 Å². The minimum atomic E-state index is 0.988. The Morgan fingerprint density at radius 2 is 1.76 bits per heavy atom. The third kappa shape index (κ3) is 2.95. The first-order chi connectivity index (χ1) is 8.16. The molecule has 0 saturated heterocycles. The van der Waals surface area contributed by atoms with Crippen LogP contribution in [0, 0.1) is 13.0 Å². The fourth-order valence-corrected chi connectivity index (χ4v) is 1.99. The lowest BCUT2D eigenvalue weighted by molar-refractivity contribution is 0.402. The zero-order valence-corrected chi connectivity index (χ0v) is 10.7. The summed E-state index contributed by atoms with van der Waals surface area (Å²) in [5, 5.41) is 0. The van der Waals surface area contributed by atoms with E-state index in [1.165, 1.54) is 22.3 Å². The van der Waals surface area contributed by atoms with Crippen molar-refractivity contribution in [2.75, 3.05) is 14.1 Å². The van der Waals surface area contributed by atoms with Gasteiger partial charge >= 0.3 is 0 Å². The van der Waals surface area contributed by atoms with Gasteiger partial charge in [-0.1, -0.05) is 42.5 Å². The summed E-state index contributed by atoms with van der Waals surface area (Å²) in [6, 6.07) is 18.0. The maximum atomic E-state index is 3.10. The van der Waals surface area contributed by atoms with Crippen molar-refractivity contribution in [2.45, 2.75) is 13.5 Å². The number of hydrogen-bond donors (Lipinski definition) is 0. The van der Waals surface area contributed by atoms with E-state index < -0.39 is 0 Å². The predicted molar refractivity (Wildman–Crippen MR) is 72.8 cm³/mol. The Morgan fingerprint density at radius 1 is 1.06 bits per heavy atom. The molecule has 1 radical (unpaired) electrons. The minimum Gasteiger partial charge on any atom is -0.305 e. The van der Waals surface area contributed by atoms with Crippen LogP contribution in [0.1, 0.15) is 11.1 Å². The Kier molecular flexibility index (Phi) is 3.60. The Bertz CT molecular complexity index is 483. The van der Waals surface area contributed by atoms with Crippen LogP contribution < -0.4 is 0 Å². The van der Waals surface area contributed by atoms with Gasteiger partial charge in [-0.15, -0.1) is 0 Å². The Balaban J connectivity index is 2.27. The van der Waals surface area contributed by atoms with E-state index in [9.17, 15) is 0 Å². The van der Waals surface area contributed by atoms with Crippen molar-refractivity contribution in [3.63, 3.8) is 0 Å². The predicted octanol–water partition coefficient (Wildman–Crippen LogP) is 3.52. The smallest absolute Gasteiger partial charge is 0.0227 e. The fourth-order valence-electron chi connectivity index (χ4n) is 1.99. The Hall–Kier alpha value is -1.60. The standard InChI is InChI=1S/C16H18N/c1-13-6-4-5-7-16(13)15-10-8-14(9-11-15)12-17(2)3/h5-11H,12H2,1-3H3. The summed E-state index contributed by atoms with van der Waals surface area (Å²) in [7, 11) is 4.18. The van der Waals surface area contributed by atoms with Gasteiger partial charge < -0.3 is 4.90 Å². The molecule has 0 heterocycles. The van der Waals surface area contributed by atoms with E-state index in [1.807, 2.05) is 12.1 Å². The molecule has 0 saturated carbocycles. The molecule has 0 aromatic heterocycles. The lowest BCUT2D eigenvalue weighted by Gasteiger charge is -2.11. The molecule has 87 valence electrons. The molecule has 2 aromatic carbocycles. The molecule has 0 aliphatic carbocycles. The minimum absolute atomic E-state index is 0.988. The van der Waals surface area contributed by atoms with E-state index in [0.29, 0.717) is 0 Å². The summed E-state index contributed by atoms with van der Waals surface area (Å²) in [4.78, 5) is 2.18. The highest BCUT2D eigenvalue weighted by Gasteiger charge is 2.01. The first kappa shape index (κ1) is 11.9. The van der Waals surface area contributed by atoms with E-state index in [4.69, 9.17) is 0 Å². The monoisotopic (exact) mass is 224 g/mol. The summed E-state index contributed by atoms with van der Waals surface area (Å²) in [5.74, 6) is 0. The van der Waals surface area contributed by atoms with Crippen LogP contribution in [0.4, 0.5) is 0 Å². The highest BCUT2D eigenvalue weighted by atomic mass is 15.0. The quantitative estimate of drug-likeness (QED) is 0.771. The van der Waals surface area contributed by atoms with Gasteiger partial charge in [0.1, 0.15) is 0 Å². The van der Waals surface area contributed by atoms with Gasteiger partial charge in [-0.3, -0.25) is 0 Å². The molecule has 1 nitrogen and oxygen atoms in total. The lowest BCUT2D eigenvalue weighted by Crippen LogP contribution is -2.10. The molecular formula is C16H18N. The van der Waals surface area contributed by atoms with Gasteiger partial charge in [-0.2, -0.15) is 0 Å². The fraction of sp³-hybridized carbons (Fsp3) is 0.250. The maximum Gasteiger partial charge on any atom is 0.0227 e. The molecule has 0 atom stereocenters. The highest BCUT2D eigenvalue weighted by Crippen LogP contribution is 2.23. The van der Waals surface area contributed by atoms with Crippen molar-refractivity contribution in [1.82, 2.24) is 4.90 Å². The van der Waals surface area contributed by atoms with Gasteiger partial charge in [0.2, 0.25) is 0 Å². The first-order valence-electron chi connectivity index (χ1n) is 5.87. The maximum absolute atomic E-state index is 3.10. The van der Waals surface area contributed by atoms with E-state index in [-0.39, 0.29) is 0 Å². The molecule has 0 fully saturated rings. The van der Waals surface area contributed by atoms with E-state index >= 15 is 0 Å². The third-order valence-corrected chi connectivity index (χ3v) is 2.83. The largest absolute Gasteiger partial charge is 0.305 e. The SMILES string of the molecule is Cc1c[c]ccc1-c1ccc(CN(C)C)cc1. The van der Waals surface area contributed by atoms with Crippen LogP contribution in [0.5, 0.6) is 0 Å². The molecule has 0 N–H and O–H groups in total. The summed E-state index contributed by atoms with van der Waals surface area (Å²) >= 11 is 0. The van der Waals surface area contributed by atoms with Crippen LogP contribution >= 0.6 is 0 Å². The second-order valence-electron chi connectivity index (χ2n) is 4.68. The summed E-state index contributed by atoms with van der Waals surface area (Å²) < 4.78 is 0. The number of nitrogens with zero attached hydrogens (tertiary/aromatic N) is 1. The summed E-state index contributed by atoms with van der Waals surface area (Å²) in [5.41, 5.74) is 5.19. The van der Waals surface area contributed by atoms with Crippen molar-refractivity contribution in [3.8, 4) is 11.1 Å². The van der Waals surface area contributed by atoms with Crippen LogP contribution in [0.3, 0.4) is 0 Å². The van der Waals surface area contributed by atoms with E-state index in [1.54, 1.807) is 0 Å². The zero-order valence-electron chi connectivity index (χ0n) is 10.7. The number of hydrogen-bond acceptors (Lipinski definition) is 1. The van der Waals surface area contributed by atoms with Gasteiger partial charge in [-0.25, -0.2) is 0 Å². The topological polar surface area (TPSA) is 3.24 Å². The van der Waals surface area contributed by atoms with Gasteiger partial charge in [0.15, 0.2) is 0 Å². The van der Waals surface area contributed by atoms with Crippen LogP contribution in [0.2, 0.25) is 0 Å². The van der Waals surface area contributed by atoms with E-state index in [2.05, 4.69) is 62.3 Å². The molecule has 0 unspecified atom stereocenters. The molecule has 1 heteroatoms. The van der Waals surface area contributed by atoms with Crippen molar-refractivity contribution >= 4 is 0 Å². The van der Waals surface area contributed by atoms with Crippen LogP contribution in [0.25, 0.3) is 11.1 Å². The number of benzene rings is 2. The van der Waals surface area contributed by atoms with Crippen molar-refractivity contribution < 1.29 is 0 Å². The van der Waals surface area contributed by atoms with Crippen LogP contribution in [-0.4, -0.2) is 19.0 Å². The zero-order chi connectivity index (χ0) is 12.3. The molecule has 0 amide bonds. The highest BCUT2D eigenvalue weighted by molar-refractivity contribution is 5.67. The van der Waals surface area contributed by atoms with Crippen LogP contribution in [0.15, 0.2) is 42.5 Å². The molecule has 0 aliphatic rings. The summed E-state index contributed by atoms with van der Waals surface area (Å²) in [6.45, 7) is 3.11. The molecule has 2 aromatic rings. The molecule has 0 aliphatic heterocycles. The molecular weight excluding hydrogens is 206 g/mol. The number of aryl methyl sites for hydroxylation is 1. The normalized spacial score (nSPS) is 10.8. The first-order valence-corrected chi connectivity index (χ1v) is 5.87. The molecule has 17 heavy (non-hydrogen) atoms. The second kappa shape index (κ2) is 5.15. The average Bonchev–Trinajstić information content (AvgIpc) is 2.30. The number of rotatable bonds is 3. The van der Waals surface area contributed by atoms with Crippen molar-refractivity contribution in [3.05, 3.63) is 59.7 Å². The Morgan fingerprint density at radius 3 is 2.35 bits per heavy atom. The molecule has 2 rings (SSSR count).